The van der Waals surface area contributed by atoms with Gasteiger partial charge in [0.25, 0.3) is 5.91 Å². The molecule has 1 saturated carbocycles. The molecule has 1 aromatic rings. The van der Waals surface area contributed by atoms with E-state index in [1.807, 2.05) is 0 Å². The van der Waals surface area contributed by atoms with E-state index in [0.29, 0.717) is 30.8 Å². The Bertz CT molecular complexity index is 560. The molecule has 1 amide bonds. The fourth-order valence-corrected chi connectivity index (χ4v) is 2.92. The number of amides is 1. The molecule has 0 saturated heterocycles. The number of benzene rings is 1. The first-order chi connectivity index (χ1) is 10.9. The standard InChI is InChI=1S/C16H20F3NO3/c1-22-13-8-7-10(9-14(13)23-2)15(21)20-12-6-4-3-5-11(12)16(17,18)19/h7-9,11-12H,3-6H2,1-2H3,(H,20,21)/t11-,12-/m1/s1. The van der Waals surface area contributed by atoms with E-state index in [9.17, 15) is 18.0 Å². The highest BCUT2D eigenvalue weighted by Crippen LogP contribution is 2.38. The number of hydrogen-bond donors (Lipinski definition) is 1. The summed E-state index contributed by atoms with van der Waals surface area (Å²) in [5.41, 5.74) is 0.245. The molecule has 0 spiro atoms. The maximum atomic E-state index is 13.1. The van der Waals surface area contributed by atoms with Gasteiger partial charge in [-0.2, -0.15) is 13.2 Å². The van der Waals surface area contributed by atoms with Gasteiger partial charge in [-0.3, -0.25) is 4.79 Å². The molecular weight excluding hydrogens is 311 g/mol. The van der Waals surface area contributed by atoms with Crippen LogP contribution in [0.5, 0.6) is 11.5 Å². The Labute approximate surface area is 133 Å². The van der Waals surface area contributed by atoms with Crippen LogP contribution in [0.15, 0.2) is 18.2 Å². The lowest BCUT2D eigenvalue weighted by Gasteiger charge is -2.33. The number of halogens is 3. The van der Waals surface area contributed by atoms with E-state index in [2.05, 4.69) is 5.32 Å². The number of alkyl halides is 3. The van der Waals surface area contributed by atoms with E-state index in [0.717, 1.165) is 0 Å². The number of rotatable bonds is 4. The number of methoxy groups -OCH3 is 2. The van der Waals surface area contributed by atoms with Crippen LogP contribution in [0.4, 0.5) is 13.2 Å². The highest BCUT2D eigenvalue weighted by atomic mass is 19.4. The minimum Gasteiger partial charge on any atom is -0.493 e. The van der Waals surface area contributed by atoms with Gasteiger partial charge in [-0.05, 0) is 31.0 Å². The monoisotopic (exact) mass is 331 g/mol. The molecule has 1 fully saturated rings. The normalized spacial score (nSPS) is 21.6. The zero-order valence-corrected chi connectivity index (χ0v) is 13.1. The van der Waals surface area contributed by atoms with Gasteiger partial charge >= 0.3 is 6.18 Å². The van der Waals surface area contributed by atoms with E-state index < -0.39 is 24.0 Å². The lowest BCUT2D eigenvalue weighted by Crippen LogP contribution is -2.47. The molecule has 128 valence electrons. The molecule has 1 aliphatic rings. The van der Waals surface area contributed by atoms with Crippen molar-refractivity contribution in [2.24, 2.45) is 5.92 Å². The van der Waals surface area contributed by atoms with Gasteiger partial charge in [0.05, 0.1) is 20.1 Å². The molecule has 2 atom stereocenters. The topological polar surface area (TPSA) is 47.6 Å². The van der Waals surface area contributed by atoms with Gasteiger partial charge in [0.15, 0.2) is 11.5 Å². The maximum Gasteiger partial charge on any atom is 0.393 e. The molecule has 0 radical (unpaired) electrons. The first-order valence-electron chi connectivity index (χ1n) is 7.46. The second kappa shape index (κ2) is 7.10. The number of carbonyl (C=O) groups is 1. The summed E-state index contributed by atoms with van der Waals surface area (Å²) >= 11 is 0. The highest BCUT2D eigenvalue weighted by Gasteiger charge is 2.46. The summed E-state index contributed by atoms with van der Waals surface area (Å²) in [6, 6.07) is 3.63. The Morgan fingerprint density at radius 3 is 2.39 bits per heavy atom. The van der Waals surface area contributed by atoms with Crippen LogP contribution in [0.3, 0.4) is 0 Å². The van der Waals surface area contributed by atoms with E-state index in [1.165, 1.54) is 26.4 Å². The van der Waals surface area contributed by atoms with Crippen LogP contribution in [0.1, 0.15) is 36.0 Å². The minimum absolute atomic E-state index is 0.0559. The third-order valence-corrected chi connectivity index (χ3v) is 4.15. The molecular formula is C16H20F3NO3. The molecule has 1 aromatic carbocycles. The number of carbonyl (C=O) groups excluding carboxylic acids is 1. The van der Waals surface area contributed by atoms with Gasteiger partial charge in [-0.25, -0.2) is 0 Å². The first-order valence-corrected chi connectivity index (χ1v) is 7.46. The van der Waals surface area contributed by atoms with Crippen LogP contribution in [0.2, 0.25) is 0 Å². The van der Waals surface area contributed by atoms with Gasteiger partial charge in [0.2, 0.25) is 0 Å². The van der Waals surface area contributed by atoms with E-state index in [4.69, 9.17) is 9.47 Å². The summed E-state index contributed by atoms with van der Waals surface area (Å²) in [5.74, 6) is -1.21. The van der Waals surface area contributed by atoms with Crippen molar-refractivity contribution in [2.45, 2.75) is 37.9 Å². The van der Waals surface area contributed by atoms with Crippen LogP contribution in [0, 0.1) is 5.92 Å². The molecule has 4 nitrogen and oxygen atoms in total. The van der Waals surface area contributed by atoms with Crippen LogP contribution in [0.25, 0.3) is 0 Å². The molecule has 7 heteroatoms. The molecule has 0 aliphatic heterocycles. The molecule has 0 aromatic heterocycles. The summed E-state index contributed by atoms with van der Waals surface area (Å²) in [4.78, 5) is 12.3. The van der Waals surface area contributed by atoms with E-state index in [-0.39, 0.29) is 12.0 Å². The van der Waals surface area contributed by atoms with Gasteiger partial charge in [-0.1, -0.05) is 12.8 Å². The Morgan fingerprint density at radius 1 is 1.13 bits per heavy atom. The van der Waals surface area contributed by atoms with Crippen LogP contribution in [-0.4, -0.2) is 32.3 Å². The summed E-state index contributed by atoms with van der Waals surface area (Å²) in [6.45, 7) is 0. The van der Waals surface area contributed by atoms with Crippen molar-refractivity contribution in [2.75, 3.05) is 14.2 Å². The van der Waals surface area contributed by atoms with Crippen molar-refractivity contribution in [3.63, 3.8) is 0 Å². The van der Waals surface area contributed by atoms with Crippen molar-refractivity contribution < 1.29 is 27.4 Å². The summed E-state index contributed by atoms with van der Waals surface area (Å²) in [7, 11) is 2.90. The van der Waals surface area contributed by atoms with Crippen LogP contribution >= 0.6 is 0 Å². The second-order valence-electron chi connectivity index (χ2n) is 5.58. The molecule has 23 heavy (non-hydrogen) atoms. The van der Waals surface area contributed by atoms with Crippen LogP contribution in [-0.2, 0) is 0 Å². The number of ether oxygens (including phenoxy) is 2. The Kier molecular flexibility index (Phi) is 5.38. The average molecular weight is 331 g/mol. The summed E-state index contributed by atoms with van der Waals surface area (Å²) in [5, 5.41) is 2.53. The smallest absolute Gasteiger partial charge is 0.393 e. The molecule has 0 heterocycles. The lowest BCUT2D eigenvalue weighted by molar-refractivity contribution is -0.187. The van der Waals surface area contributed by atoms with Crippen LogP contribution < -0.4 is 14.8 Å². The van der Waals surface area contributed by atoms with Crippen molar-refractivity contribution in [3.8, 4) is 11.5 Å². The number of hydrogen-bond acceptors (Lipinski definition) is 3. The third kappa shape index (κ3) is 4.09. The SMILES string of the molecule is COc1ccc(C(=O)N[C@@H]2CCCC[C@H]2C(F)(F)F)cc1OC. The predicted octanol–water partition coefficient (Wildman–Crippen LogP) is 3.55. The molecule has 1 N–H and O–H groups in total. The first kappa shape index (κ1) is 17.4. The van der Waals surface area contributed by atoms with Gasteiger partial charge < -0.3 is 14.8 Å². The van der Waals surface area contributed by atoms with E-state index >= 15 is 0 Å². The highest BCUT2D eigenvalue weighted by molar-refractivity contribution is 5.95. The fourth-order valence-electron chi connectivity index (χ4n) is 2.92. The van der Waals surface area contributed by atoms with Gasteiger partial charge in [-0.15, -0.1) is 0 Å². The second-order valence-corrected chi connectivity index (χ2v) is 5.58. The molecule has 0 bridgehead atoms. The zero-order valence-electron chi connectivity index (χ0n) is 13.1. The maximum absolute atomic E-state index is 13.1. The largest absolute Gasteiger partial charge is 0.493 e. The Balaban J connectivity index is 2.14. The predicted molar refractivity (Wildman–Crippen MR) is 78.8 cm³/mol. The minimum atomic E-state index is -4.30. The molecule has 0 unspecified atom stereocenters. The van der Waals surface area contributed by atoms with Crippen molar-refractivity contribution in [1.82, 2.24) is 5.32 Å². The lowest BCUT2D eigenvalue weighted by atomic mass is 9.84. The van der Waals surface area contributed by atoms with Crippen molar-refractivity contribution >= 4 is 5.91 Å². The quantitative estimate of drug-likeness (QED) is 0.918. The summed E-state index contributed by atoms with van der Waals surface area (Å²) in [6.07, 6.45) is -2.68. The summed E-state index contributed by atoms with van der Waals surface area (Å²) < 4.78 is 49.4. The third-order valence-electron chi connectivity index (χ3n) is 4.15. The van der Waals surface area contributed by atoms with E-state index in [1.54, 1.807) is 6.07 Å². The van der Waals surface area contributed by atoms with Gasteiger partial charge in [0, 0.05) is 11.6 Å². The average Bonchev–Trinajstić information content (AvgIpc) is 2.53. The Morgan fingerprint density at radius 2 is 1.78 bits per heavy atom. The zero-order chi connectivity index (χ0) is 17.0. The Hall–Kier alpha value is -1.92. The van der Waals surface area contributed by atoms with Gasteiger partial charge in [0.1, 0.15) is 0 Å². The van der Waals surface area contributed by atoms with Crippen molar-refractivity contribution in [3.05, 3.63) is 23.8 Å². The fraction of sp³-hybridized carbons (Fsp3) is 0.562. The number of nitrogens with one attached hydrogen (secondary N) is 1. The van der Waals surface area contributed by atoms with Crippen molar-refractivity contribution in [1.29, 1.82) is 0 Å². The molecule has 1 aliphatic carbocycles. The molecule has 2 rings (SSSR count).